The molecule has 0 atom stereocenters. The van der Waals surface area contributed by atoms with E-state index in [9.17, 15) is 14.3 Å². The summed E-state index contributed by atoms with van der Waals surface area (Å²) in [7, 11) is 0. The average Bonchev–Trinajstić information content (AvgIpc) is 3.08. The van der Waals surface area contributed by atoms with E-state index in [1.807, 2.05) is 26.8 Å². The maximum absolute atomic E-state index is 13.1. The molecule has 0 spiro atoms. The fraction of sp³-hybridized carbons (Fsp3) is 0.360. The quantitative estimate of drug-likeness (QED) is 0.444. The molecule has 2 aromatic carbocycles. The molecule has 1 N–H and O–H groups in total. The van der Waals surface area contributed by atoms with Crippen molar-refractivity contribution < 1.29 is 28.2 Å². The first-order valence-electron chi connectivity index (χ1n) is 10.4. The number of hydrogen-bond donors (Lipinski definition) is 1. The molecule has 1 aromatic heterocycles. The summed E-state index contributed by atoms with van der Waals surface area (Å²) < 4.78 is 30.5. The van der Waals surface area contributed by atoms with Crippen molar-refractivity contribution in [3.63, 3.8) is 0 Å². The third kappa shape index (κ3) is 6.02. The van der Waals surface area contributed by atoms with Crippen LogP contribution in [0.1, 0.15) is 46.8 Å². The monoisotopic (exact) mass is 441 g/mol. The van der Waals surface area contributed by atoms with E-state index in [0.29, 0.717) is 52.8 Å². The van der Waals surface area contributed by atoms with Gasteiger partial charge in [-0.3, -0.25) is 0 Å². The average molecular weight is 441 g/mol. The fourth-order valence-corrected chi connectivity index (χ4v) is 3.34. The number of nitrogens with zero attached hydrogens (tertiary/aromatic N) is 1. The van der Waals surface area contributed by atoms with E-state index < -0.39 is 5.97 Å². The SMILES string of the molecule is Cc1cccc(COCC(C)(C)COCc2nc(-c3ccc(F)cc3)oc2C)c1C(=O)O. The number of benzene rings is 2. The Morgan fingerprint density at radius 1 is 1.06 bits per heavy atom. The largest absolute Gasteiger partial charge is 0.478 e. The second-order valence-corrected chi connectivity index (χ2v) is 8.59. The van der Waals surface area contributed by atoms with Crippen LogP contribution in [0, 0.1) is 25.1 Å². The van der Waals surface area contributed by atoms with Crippen LogP contribution in [0.5, 0.6) is 0 Å². The highest BCUT2D eigenvalue weighted by Gasteiger charge is 2.21. The van der Waals surface area contributed by atoms with Gasteiger partial charge in [-0.15, -0.1) is 0 Å². The van der Waals surface area contributed by atoms with E-state index in [0.717, 1.165) is 0 Å². The van der Waals surface area contributed by atoms with Crippen LogP contribution in [0.4, 0.5) is 4.39 Å². The Hall–Kier alpha value is -3.03. The van der Waals surface area contributed by atoms with Crippen molar-refractivity contribution >= 4 is 5.97 Å². The predicted molar refractivity (Wildman–Crippen MR) is 118 cm³/mol. The molecule has 0 bridgehead atoms. The van der Waals surface area contributed by atoms with Gasteiger partial charge in [0.1, 0.15) is 17.3 Å². The maximum Gasteiger partial charge on any atom is 0.336 e. The van der Waals surface area contributed by atoms with E-state index in [1.165, 1.54) is 12.1 Å². The third-order valence-corrected chi connectivity index (χ3v) is 5.04. The van der Waals surface area contributed by atoms with Crippen molar-refractivity contribution in [2.45, 2.75) is 40.9 Å². The number of aromatic carboxylic acids is 1. The molecule has 0 fully saturated rings. The molecule has 0 aliphatic heterocycles. The zero-order chi connectivity index (χ0) is 23.3. The van der Waals surface area contributed by atoms with Gasteiger partial charge in [-0.25, -0.2) is 14.2 Å². The molecule has 0 aliphatic carbocycles. The van der Waals surface area contributed by atoms with Gasteiger partial charge in [0.05, 0.1) is 32.0 Å². The zero-order valence-electron chi connectivity index (χ0n) is 18.8. The Morgan fingerprint density at radius 3 is 2.38 bits per heavy atom. The van der Waals surface area contributed by atoms with Crippen LogP contribution in [0.15, 0.2) is 46.9 Å². The number of carboxylic acid groups (broad SMARTS) is 1. The highest BCUT2D eigenvalue weighted by Crippen LogP contribution is 2.24. The molecular weight excluding hydrogens is 413 g/mol. The van der Waals surface area contributed by atoms with Crippen molar-refractivity contribution in [3.8, 4) is 11.5 Å². The molecule has 3 rings (SSSR count). The molecule has 0 aliphatic rings. The summed E-state index contributed by atoms with van der Waals surface area (Å²) in [5.41, 5.74) is 2.76. The van der Waals surface area contributed by atoms with Crippen molar-refractivity contribution in [3.05, 3.63) is 76.4 Å². The lowest BCUT2D eigenvalue weighted by molar-refractivity contribution is -0.0153. The number of carboxylic acids is 1. The normalized spacial score (nSPS) is 11.7. The van der Waals surface area contributed by atoms with Crippen LogP contribution >= 0.6 is 0 Å². The summed E-state index contributed by atoms with van der Waals surface area (Å²) in [4.78, 5) is 16.0. The number of oxazole rings is 1. The van der Waals surface area contributed by atoms with Gasteiger partial charge in [-0.2, -0.15) is 0 Å². The Balaban J connectivity index is 1.51. The highest BCUT2D eigenvalue weighted by molar-refractivity contribution is 5.91. The van der Waals surface area contributed by atoms with E-state index in [4.69, 9.17) is 13.9 Å². The molecule has 1 heterocycles. The molecule has 3 aromatic rings. The minimum Gasteiger partial charge on any atom is -0.478 e. The van der Waals surface area contributed by atoms with Crippen LogP contribution in [-0.2, 0) is 22.7 Å². The van der Waals surface area contributed by atoms with Crippen molar-refractivity contribution in [1.82, 2.24) is 4.98 Å². The molecular formula is C25H28FNO5. The van der Waals surface area contributed by atoms with Crippen LogP contribution in [0.2, 0.25) is 0 Å². The molecule has 0 saturated carbocycles. The van der Waals surface area contributed by atoms with Crippen LogP contribution in [0.3, 0.4) is 0 Å². The molecule has 0 amide bonds. The van der Waals surface area contributed by atoms with Gasteiger partial charge in [0.25, 0.3) is 0 Å². The molecule has 7 heteroatoms. The molecule has 0 unspecified atom stereocenters. The number of aryl methyl sites for hydroxylation is 2. The summed E-state index contributed by atoms with van der Waals surface area (Å²) in [6, 6.07) is 11.3. The van der Waals surface area contributed by atoms with Crippen LogP contribution < -0.4 is 0 Å². The fourth-order valence-electron chi connectivity index (χ4n) is 3.34. The first-order chi connectivity index (χ1) is 15.2. The number of halogens is 1. The van der Waals surface area contributed by atoms with Crippen molar-refractivity contribution in [2.75, 3.05) is 13.2 Å². The van der Waals surface area contributed by atoms with Gasteiger partial charge in [-0.05, 0) is 49.2 Å². The minimum absolute atomic E-state index is 0.218. The summed E-state index contributed by atoms with van der Waals surface area (Å²) in [6.07, 6.45) is 0. The highest BCUT2D eigenvalue weighted by atomic mass is 19.1. The minimum atomic E-state index is -0.952. The van der Waals surface area contributed by atoms with Crippen molar-refractivity contribution in [1.29, 1.82) is 0 Å². The van der Waals surface area contributed by atoms with Gasteiger partial charge in [0.15, 0.2) is 0 Å². The smallest absolute Gasteiger partial charge is 0.336 e. The number of ether oxygens (including phenoxy) is 2. The summed E-state index contributed by atoms with van der Waals surface area (Å²) >= 11 is 0. The second kappa shape index (κ2) is 10.1. The summed E-state index contributed by atoms with van der Waals surface area (Å²) in [5, 5.41) is 9.43. The molecule has 170 valence electrons. The van der Waals surface area contributed by atoms with Gasteiger partial charge >= 0.3 is 5.97 Å². The summed E-state index contributed by atoms with van der Waals surface area (Å²) in [6.45, 7) is 8.94. The Bertz CT molecular complexity index is 1070. The predicted octanol–water partition coefficient (Wildman–Crippen LogP) is 5.56. The standard InChI is InChI=1S/C25H28FNO5/c1-16-6-5-7-19(22(16)24(28)29)12-30-14-25(3,4)15-31-13-21-17(2)32-23(27-21)18-8-10-20(26)11-9-18/h5-11H,12-15H2,1-4H3,(H,28,29). The second-order valence-electron chi connectivity index (χ2n) is 8.59. The molecule has 0 saturated heterocycles. The van der Waals surface area contributed by atoms with Crippen LogP contribution in [0.25, 0.3) is 11.5 Å². The summed E-state index contributed by atoms with van der Waals surface area (Å²) in [5.74, 6) is -0.186. The van der Waals surface area contributed by atoms with Crippen molar-refractivity contribution in [2.24, 2.45) is 5.41 Å². The van der Waals surface area contributed by atoms with Gasteiger partial charge < -0.3 is 19.0 Å². The van der Waals surface area contributed by atoms with Gasteiger partial charge in [0.2, 0.25) is 5.89 Å². The van der Waals surface area contributed by atoms with E-state index >= 15 is 0 Å². The zero-order valence-corrected chi connectivity index (χ0v) is 18.8. The lowest BCUT2D eigenvalue weighted by Crippen LogP contribution is -2.25. The number of rotatable bonds is 10. The lowest BCUT2D eigenvalue weighted by atomic mass is 9.96. The maximum atomic E-state index is 13.1. The van der Waals surface area contributed by atoms with Crippen LogP contribution in [-0.4, -0.2) is 29.3 Å². The molecule has 32 heavy (non-hydrogen) atoms. The van der Waals surface area contributed by atoms with Gasteiger partial charge in [0, 0.05) is 11.0 Å². The van der Waals surface area contributed by atoms with E-state index in [-0.39, 0.29) is 24.4 Å². The number of aromatic nitrogens is 1. The Morgan fingerprint density at radius 2 is 1.72 bits per heavy atom. The van der Waals surface area contributed by atoms with Gasteiger partial charge in [-0.1, -0.05) is 32.0 Å². The molecule has 6 nitrogen and oxygen atoms in total. The number of hydrogen-bond acceptors (Lipinski definition) is 5. The third-order valence-electron chi connectivity index (χ3n) is 5.04. The van der Waals surface area contributed by atoms with E-state index in [1.54, 1.807) is 31.2 Å². The Labute approximate surface area is 187 Å². The number of carbonyl (C=O) groups is 1. The topological polar surface area (TPSA) is 81.8 Å². The first-order valence-corrected chi connectivity index (χ1v) is 10.4. The molecule has 0 radical (unpaired) electrons. The lowest BCUT2D eigenvalue weighted by Gasteiger charge is -2.24. The van der Waals surface area contributed by atoms with E-state index in [2.05, 4.69) is 4.98 Å². The first kappa shape index (κ1) is 23.6. The Kier molecular flexibility index (Phi) is 7.43.